The Bertz CT molecular complexity index is 1060. The van der Waals surface area contributed by atoms with Gasteiger partial charge in [0.2, 0.25) is 0 Å². The van der Waals surface area contributed by atoms with Crippen LogP contribution in [0.3, 0.4) is 0 Å². The van der Waals surface area contributed by atoms with Crippen molar-refractivity contribution in [1.82, 2.24) is 19.4 Å². The zero-order chi connectivity index (χ0) is 22.0. The van der Waals surface area contributed by atoms with E-state index in [1.807, 2.05) is 49.2 Å². The van der Waals surface area contributed by atoms with E-state index in [1.165, 1.54) is 12.8 Å². The van der Waals surface area contributed by atoms with Crippen LogP contribution in [0.2, 0.25) is 0 Å². The van der Waals surface area contributed by atoms with Crippen LogP contribution in [0.15, 0.2) is 36.5 Å². The first-order valence-electron chi connectivity index (χ1n) is 11.6. The fourth-order valence-corrected chi connectivity index (χ4v) is 4.61. The van der Waals surface area contributed by atoms with Crippen molar-refractivity contribution in [3.63, 3.8) is 0 Å². The van der Waals surface area contributed by atoms with Gasteiger partial charge >= 0.3 is 0 Å². The van der Waals surface area contributed by atoms with Crippen molar-refractivity contribution in [2.75, 3.05) is 6.54 Å². The lowest BCUT2D eigenvalue weighted by Gasteiger charge is -2.26. The summed E-state index contributed by atoms with van der Waals surface area (Å²) in [5.74, 6) is 1.59. The molecule has 1 aromatic carbocycles. The third kappa shape index (κ3) is 4.65. The summed E-state index contributed by atoms with van der Waals surface area (Å²) in [4.78, 5) is 25.3. The molecule has 0 unspecified atom stereocenters. The summed E-state index contributed by atoms with van der Waals surface area (Å²) in [6, 6.07) is 10.5. The van der Waals surface area contributed by atoms with Crippen molar-refractivity contribution in [3.05, 3.63) is 59.0 Å². The van der Waals surface area contributed by atoms with E-state index in [9.17, 15) is 4.79 Å². The van der Waals surface area contributed by atoms with Gasteiger partial charge in [-0.25, -0.2) is 9.97 Å². The zero-order valence-electron chi connectivity index (χ0n) is 19.3. The molecule has 1 saturated carbocycles. The van der Waals surface area contributed by atoms with Gasteiger partial charge in [0.1, 0.15) is 11.3 Å². The van der Waals surface area contributed by atoms with Gasteiger partial charge in [-0.1, -0.05) is 44.4 Å². The molecule has 1 amide bonds. The lowest BCUT2D eigenvalue weighted by atomic mass is 10.0. The molecule has 5 heteroatoms. The molecule has 0 spiro atoms. The van der Waals surface area contributed by atoms with E-state index >= 15 is 0 Å². The average Bonchev–Trinajstić information content (AvgIpc) is 3.39. The predicted molar refractivity (Wildman–Crippen MR) is 125 cm³/mol. The second-order valence-corrected chi connectivity index (χ2v) is 9.41. The third-order valence-corrected chi connectivity index (χ3v) is 6.43. The van der Waals surface area contributed by atoms with E-state index in [2.05, 4.69) is 29.5 Å². The molecule has 0 bridgehead atoms. The number of imidazole rings is 1. The topological polar surface area (TPSA) is 51.0 Å². The molecule has 164 valence electrons. The Balaban J connectivity index is 1.71. The van der Waals surface area contributed by atoms with Gasteiger partial charge in [0, 0.05) is 24.3 Å². The normalized spacial score (nSPS) is 14.6. The molecule has 0 saturated heterocycles. The number of benzene rings is 1. The summed E-state index contributed by atoms with van der Waals surface area (Å²) in [6.45, 7) is 9.72. The predicted octanol–water partition coefficient (Wildman–Crippen LogP) is 5.85. The summed E-state index contributed by atoms with van der Waals surface area (Å²) in [7, 11) is 0. The number of carbonyl (C=O) groups excluding carboxylic acids is 1. The minimum absolute atomic E-state index is 0.0971. The van der Waals surface area contributed by atoms with Gasteiger partial charge in [-0.3, -0.25) is 4.79 Å². The van der Waals surface area contributed by atoms with Crippen LogP contribution in [-0.2, 0) is 6.54 Å². The van der Waals surface area contributed by atoms with Crippen LogP contribution in [0.1, 0.15) is 79.3 Å². The van der Waals surface area contributed by atoms with Gasteiger partial charge in [0.05, 0.1) is 6.54 Å². The number of amides is 1. The van der Waals surface area contributed by atoms with Crippen LogP contribution in [0.5, 0.6) is 0 Å². The third-order valence-electron chi connectivity index (χ3n) is 6.43. The van der Waals surface area contributed by atoms with Crippen LogP contribution in [-0.4, -0.2) is 31.9 Å². The van der Waals surface area contributed by atoms with Gasteiger partial charge in [-0.15, -0.1) is 0 Å². The average molecular weight is 419 g/mol. The highest BCUT2D eigenvalue weighted by molar-refractivity contribution is 5.95. The van der Waals surface area contributed by atoms with E-state index in [-0.39, 0.29) is 5.91 Å². The highest BCUT2D eigenvalue weighted by atomic mass is 16.2. The number of pyridine rings is 1. The van der Waals surface area contributed by atoms with Gasteiger partial charge in [-0.05, 0) is 62.8 Å². The van der Waals surface area contributed by atoms with Crippen molar-refractivity contribution < 1.29 is 4.79 Å². The van der Waals surface area contributed by atoms with Gasteiger partial charge in [0.15, 0.2) is 5.65 Å². The van der Waals surface area contributed by atoms with E-state index in [0.29, 0.717) is 18.5 Å². The molecule has 2 heterocycles. The Hall–Kier alpha value is -2.69. The lowest BCUT2D eigenvalue weighted by Crippen LogP contribution is -2.34. The number of nitrogens with zero attached hydrogens (tertiary/aromatic N) is 4. The molecule has 1 aliphatic rings. The Morgan fingerprint density at radius 1 is 1.19 bits per heavy atom. The van der Waals surface area contributed by atoms with Crippen molar-refractivity contribution >= 4 is 17.1 Å². The number of hydrogen-bond donors (Lipinski definition) is 0. The highest BCUT2D eigenvalue weighted by Crippen LogP contribution is 2.33. The first kappa shape index (κ1) is 21.5. The molecule has 5 nitrogen and oxygen atoms in total. The summed E-state index contributed by atoms with van der Waals surface area (Å²) < 4.78 is 2.32. The number of fused-ring (bicyclic) bond motifs is 1. The van der Waals surface area contributed by atoms with Gasteiger partial charge in [0.25, 0.3) is 5.91 Å². The minimum Gasteiger partial charge on any atom is -0.331 e. The number of rotatable bonds is 7. The summed E-state index contributed by atoms with van der Waals surface area (Å²) >= 11 is 0. The molecular weight excluding hydrogens is 384 g/mol. The highest BCUT2D eigenvalue weighted by Gasteiger charge is 2.26. The van der Waals surface area contributed by atoms with Crippen LogP contribution in [0.4, 0.5) is 0 Å². The second-order valence-electron chi connectivity index (χ2n) is 9.41. The maximum absolute atomic E-state index is 13.7. The fraction of sp³-hybridized carbons (Fsp3) is 0.500. The van der Waals surface area contributed by atoms with E-state index in [0.717, 1.165) is 59.5 Å². The van der Waals surface area contributed by atoms with E-state index < -0.39 is 0 Å². The SMILES string of the molecule is Cc1ccc(C)c(C(=O)N(CCC(C)C)Cc2nc3cccnc3n2C2CCCC2)c1. The summed E-state index contributed by atoms with van der Waals surface area (Å²) in [5.41, 5.74) is 4.81. The van der Waals surface area contributed by atoms with Crippen molar-refractivity contribution in [2.24, 2.45) is 5.92 Å². The Morgan fingerprint density at radius 3 is 2.71 bits per heavy atom. The number of hydrogen-bond acceptors (Lipinski definition) is 3. The Morgan fingerprint density at radius 2 is 1.97 bits per heavy atom. The molecule has 1 fully saturated rings. The molecule has 0 aliphatic heterocycles. The van der Waals surface area contributed by atoms with Crippen molar-refractivity contribution in [1.29, 1.82) is 0 Å². The standard InChI is InChI=1S/C26H34N4O/c1-18(2)13-15-29(26(31)22-16-19(3)11-12-20(22)4)17-24-28-23-10-7-14-27-25(23)30(24)21-8-5-6-9-21/h7,10-12,14,16,18,21H,5-6,8-9,13,15,17H2,1-4H3. The Labute approximate surface area is 185 Å². The van der Waals surface area contributed by atoms with Gasteiger partial charge in [-0.2, -0.15) is 0 Å². The van der Waals surface area contributed by atoms with Crippen LogP contribution < -0.4 is 0 Å². The van der Waals surface area contributed by atoms with Gasteiger partial charge < -0.3 is 9.47 Å². The molecule has 0 atom stereocenters. The second kappa shape index (κ2) is 9.21. The largest absolute Gasteiger partial charge is 0.331 e. The maximum atomic E-state index is 13.7. The van der Waals surface area contributed by atoms with E-state index in [1.54, 1.807) is 0 Å². The first-order chi connectivity index (χ1) is 14.9. The van der Waals surface area contributed by atoms with Crippen LogP contribution in [0, 0.1) is 19.8 Å². The monoisotopic (exact) mass is 418 g/mol. The number of aryl methyl sites for hydroxylation is 2. The van der Waals surface area contributed by atoms with Crippen LogP contribution >= 0.6 is 0 Å². The fourth-order valence-electron chi connectivity index (χ4n) is 4.61. The molecule has 4 rings (SSSR count). The molecule has 2 aromatic heterocycles. The number of aromatic nitrogens is 3. The zero-order valence-corrected chi connectivity index (χ0v) is 19.3. The van der Waals surface area contributed by atoms with Crippen molar-refractivity contribution in [2.45, 2.75) is 72.4 Å². The lowest BCUT2D eigenvalue weighted by molar-refractivity contribution is 0.0727. The van der Waals surface area contributed by atoms with Crippen molar-refractivity contribution in [3.8, 4) is 0 Å². The number of carbonyl (C=O) groups is 1. The van der Waals surface area contributed by atoms with E-state index in [4.69, 9.17) is 4.98 Å². The smallest absolute Gasteiger partial charge is 0.254 e. The molecule has 31 heavy (non-hydrogen) atoms. The molecule has 0 N–H and O–H groups in total. The molecule has 3 aromatic rings. The van der Waals surface area contributed by atoms with Crippen LogP contribution in [0.25, 0.3) is 11.2 Å². The molecular formula is C26H34N4O. The summed E-state index contributed by atoms with van der Waals surface area (Å²) in [5, 5.41) is 0. The quantitative estimate of drug-likeness (QED) is 0.483. The first-order valence-corrected chi connectivity index (χ1v) is 11.6. The molecule has 0 radical (unpaired) electrons. The molecule has 1 aliphatic carbocycles. The summed E-state index contributed by atoms with van der Waals surface area (Å²) in [6.07, 6.45) is 7.62. The maximum Gasteiger partial charge on any atom is 0.254 e. The minimum atomic E-state index is 0.0971. The Kier molecular flexibility index (Phi) is 6.40.